The first-order valence-corrected chi connectivity index (χ1v) is 5.93. The molecule has 2 rings (SSSR count). The molecule has 1 aromatic heterocycles. The van der Waals surface area contributed by atoms with E-state index < -0.39 is 0 Å². The highest BCUT2D eigenvalue weighted by Crippen LogP contribution is 2.29. The molecule has 0 unspecified atom stereocenters. The smallest absolute Gasteiger partial charge is 0.128 e. The lowest BCUT2D eigenvalue weighted by atomic mass is 10.0. The van der Waals surface area contributed by atoms with Gasteiger partial charge in [-0.1, -0.05) is 12.1 Å². The van der Waals surface area contributed by atoms with Crippen molar-refractivity contribution in [2.45, 2.75) is 19.9 Å². The van der Waals surface area contributed by atoms with E-state index in [1.807, 2.05) is 13.0 Å². The second kappa shape index (κ2) is 5.58. The van der Waals surface area contributed by atoms with E-state index in [1.165, 1.54) is 17.4 Å². The molecule has 2 aromatic rings. The summed E-state index contributed by atoms with van der Waals surface area (Å²) in [4.78, 5) is 5.16. The first-order chi connectivity index (χ1) is 7.59. The van der Waals surface area contributed by atoms with Gasteiger partial charge in [-0.25, -0.2) is 9.37 Å². The fourth-order valence-electron chi connectivity index (χ4n) is 1.62. The monoisotopic (exact) mass is 272 g/mol. The van der Waals surface area contributed by atoms with Crippen LogP contribution in [0.1, 0.15) is 24.2 Å². The van der Waals surface area contributed by atoms with Crippen LogP contribution in [-0.2, 0) is 0 Å². The first kappa shape index (κ1) is 14.1. The summed E-state index contributed by atoms with van der Waals surface area (Å²) in [5, 5.41) is 0. The maximum absolute atomic E-state index is 13.7. The van der Waals surface area contributed by atoms with Crippen molar-refractivity contribution < 1.29 is 4.39 Å². The van der Waals surface area contributed by atoms with Gasteiger partial charge in [0.1, 0.15) is 5.82 Å². The molecule has 0 aliphatic carbocycles. The summed E-state index contributed by atoms with van der Waals surface area (Å²) in [5.41, 5.74) is 9.77. The molecule has 5 heteroatoms. The number of nitrogens with zero attached hydrogens (tertiary/aromatic N) is 1. The standard InChI is InChI=1S/C12H13FN2S.ClH/c1-7(14)10-4-3-9(5-11(10)13)12-8(2)15-6-16-12;/h3-7H,14H2,1-2H3;1H/t7-;/m0./s1. The van der Waals surface area contributed by atoms with Gasteiger partial charge in [0.25, 0.3) is 0 Å². The van der Waals surface area contributed by atoms with Gasteiger partial charge in [0.05, 0.1) is 16.1 Å². The molecule has 2 N–H and O–H groups in total. The molecule has 0 aliphatic heterocycles. The van der Waals surface area contributed by atoms with E-state index in [4.69, 9.17) is 5.73 Å². The van der Waals surface area contributed by atoms with Crippen molar-refractivity contribution in [1.29, 1.82) is 0 Å². The maximum atomic E-state index is 13.7. The van der Waals surface area contributed by atoms with Crippen molar-refractivity contribution in [3.8, 4) is 10.4 Å². The van der Waals surface area contributed by atoms with Gasteiger partial charge in [-0.05, 0) is 25.5 Å². The molecular weight excluding hydrogens is 259 g/mol. The Labute approximate surface area is 110 Å². The van der Waals surface area contributed by atoms with Crippen molar-refractivity contribution in [1.82, 2.24) is 4.98 Å². The minimum absolute atomic E-state index is 0. The van der Waals surface area contributed by atoms with Crippen molar-refractivity contribution in [2.75, 3.05) is 0 Å². The van der Waals surface area contributed by atoms with E-state index >= 15 is 0 Å². The van der Waals surface area contributed by atoms with E-state index in [2.05, 4.69) is 4.98 Å². The Balaban J connectivity index is 0.00000144. The van der Waals surface area contributed by atoms with Crippen LogP contribution in [0, 0.1) is 12.7 Å². The number of aryl methyl sites for hydroxylation is 1. The molecule has 0 aliphatic rings. The molecule has 1 atom stereocenters. The van der Waals surface area contributed by atoms with Crippen LogP contribution in [0.15, 0.2) is 23.7 Å². The van der Waals surface area contributed by atoms with Crippen molar-refractivity contribution in [3.63, 3.8) is 0 Å². The summed E-state index contributed by atoms with van der Waals surface area (Å²) < 4.78 is 13.7. The van der Waals surface area contributed by atoms with Crippen LogP contribution < -0.4 is 5.73 Å². The topological polar surface area (TPSA) is 38.9 Å². The second-order valence-corrected chi connectivity index (χ2v) is 4.65. The van der Waals surface area contributed by atoms with Gasteiger partial charge in [0.2, 0.25) is 0 Å². The van der Waals surface area contributed by atoms with Gasteiger partial charge in [-0.2, -0.15) is 0 Å². The normalized spacial score (nSPS) is 12.0. The van der Waals surface area contributed by atoms with Gasteiger partial charge >= 0.3 is 0 Å². The van der Waals surface area contributed by atoms with E-state index in [0.717, 1.165) is 16.1 Å². The Hall–Kier alpha value is -0.970. The molecule has 0 amide bonds. The highest BCUT2D eigenvalue weighted by atomic mass is 35.5. The van der Waals surface area contributed by atoms with E-state index in [0.29, 0.717) is 5.56 Å². The number of benzene rings is 1. The molecule has 0 fully saturated rings. The molecule has 0 radical (unpaired) electrons. The van der Waals surface area contributed by atoms with Crippen LogP contribution in [0.25, 0.3) is 10.4 Å². The van der Waals surface area contributed by atoms with Crippen LogP contribution in [0.3, 0.4) is 0 Å². The Morgan fingerprint density at radius 3 is 2.59 bits per heavy atom. The average Bonchev–Trinajstić information content (AvgIpc) is 2.63. The quantitative estimate of drug-likeness (QED) is 0.905. The first-order valence-electron chi connectivity index (χ1n) is 5.05. The third-order valence-electron chi connectivity index (χ3n) is 2.50. The maximum Gasteiger partial charge on any atom is 0.128 e. The zero-order valence-corrected chi connectivity index (χ0v) is 11.2. The Morgan fingerprint density at radius 2 is 2.12 bits per heavy atom. The van der Waals surface area contributed by atoms with Gasteiger partial charge in [-0.3, -0.25) is 0 Å². The number of halogens is 2. The molecule has 17 heavy (non-hydrogen) atoms. The minimum Gasteiger partial charge on any atom is -0.324 e. The Kier molecular flexibility index (Phi) is 4.62. The highest BCUT2D eigenvalue weighted by Gasteiger charge is 2.10. The SMILES string of the molecule is Cc1ncsc1-c1ccc([C@H](C)N)c(F)c1.Cl. The zero-order valence-electron chi connectivity index (χ0n) is 9.61. The average molecular weight is 273 g/mol. The van der Waals surface area contributed by atoms with Crippen molar-refractivity contribution in [3.05, 3.63) is 40.8 Å². The van der Waals surface area contributed by atoms with Crippen LogP contribution in [0.5, 0.6) is 0 Å². The largest absolute Gasteiger partial charge is 0.324 e. The molecule has 2 nitrogen and oxygen atoms in total. The predicted molar refractivity (Wildman–Crippen MR) is 72.1 cm³/mol. The lowest BCUT2D eigenvalue weighted by Gasteiger charge is -2.08. The van der Waals surface area contributed by atoms with E-state index in [1.54, 1.807) is 18.5 Å². The minimum atomic E-state index is -0.281. The molecule has 1 heterocycles. The van der Waals surface area contributed by atoms with Gasteiger partial charge in [-0.15, -0.1) is 23.7 Å². The number of hydrogen-bond donors (Lipinski definition) is 1. The summed E-state index contributed by atoms with van der Waals surface area (Å²) in [6, 6.07) is 4.88. The fourth-order valence-corrected chi connectivity index (χ4v) is 2.42. The van der Waals surface area contributed by atoms with E-state index in [-0.39, 0.29) is 24.3 Å². The summed E-state index contributed by atoms with van der Waals surface area (Å²) in [6.45, 7) is 3.69. The van der Waals surface area contributed by atoms with Crippen LogP contribution >= 0.6 is 23.7 Å². The summed E-state index contributed by atoms with van der Waals surface area (Å²) >= 11 is 1.52. The second-order valence-electron chi connectivity index (χ2n) is 3.79. The number of rotatable bonds is 2. The third kappa shape index (κ3) is 2.83. The predicted octanol–water partition coefficient (Wildman–Crippen LogP) is 3.70. The number of nitrogens with two attached hydrogens (primary N) is 1. The summed E-state index contributed by atoms with van der Waals surface area (Å²) in [5.74, 6) is -0.250. The summed E-state index contributed by atoms with van der Waals surface area (Å²) in [7, 11) is 0. The lowest BCUT2D eigenvalue weighted by Crippen LogP contribution is -2.07. The molecule has 0 saturated carbocycles. The number of hydrogen-bond acceptors (Lipinski definition) is 3. The molecule has 0 saturated heterocycles. The van der Waals surface area contributed by atoms with Gasteiger partial charge < -0.3 is 5.73 Å². The van der Waals surface area contributed by atoms with Gasteiger partial charge in [0, 0.05) is 11.6 Å². The fraction of sp³-hybridized carbons (Fsp3) is 0.250. The molecular formula is C12H14ClFN2S. The van der Waals surface area contributed by atoms with Gasteiger partial charge in [0.15, 0.2) is 0 Å². The number of aromatic nitrogens is 1. The molecule has 0 bridgehead atoms. The Morgan fingerprint density at radius 1 is 1.41 bits per heavy atom. The van der Waals surface area contributed by atoms with Crippen molar-refractivity contribution >= 4 is 23.7 Å². The van der Waals surface area contributed by atoms with Crippen molar-refractivity contribution in [2.24, 2.45) is 5.73 Å². The number of thiazole rings is 1. The zero-order chi connectivity index (χ0) is 11.7. The third-order valence-corrected chi connectivity index (χ3v) is 3.48. The summed E-state index contributed by atoms with van der Waals surface area (Å²) in [6.07, 6.45) is 0. The molecule has 1 aromatic carbocycles. The van der Waals surface area contributed by atoms with Crippen LogP contribution in [-0.4, -0.2) is 4.98 Å². The Bertz CT molecular complexity index is 511. The van der Waals surface area contributed by atoms with Crippen LogP contribution in [0.2, 0.25) is 0 Å². The highest BCUT2D eigenvalue weighted by molar-refractivity contribution is 7.13. The lowest BCUT2D eigenvalue weighted by molar-refractivity contribution is 0.594. The van der Waals surface area contributed by atoms with E-state index in [9.17, 15) is 4.39 Å². The molecule has 0 spiro atoms. The molecule has 92 valence electrons. The van der Waals surface area contributed by atoms with Crippen LogP contribution in [0.4, 0.5) is 4.39 Å².